The minimum absolute atomic E-state index is 0.745. The van der Waals surface area contributed by atoms with Gasteiger partial charge in [0.05, 0.1) is 0 Å². The molecular formula is C10H20N2S. The number of nitrogens with zero attached hydrogens (tertiary/aromatic N) is 1. The normalized spacial score (nSPS) is 36.7. The van der Waals surface area contributed by atoms with Gasteiger partial charge in [-0.3, -0.25) is 0 Å². The fourth-order valence-electron chi connectivity index (χ4n) is 2.28. The molecule has 0 bridgehead atoms. The molecule has 2 rings (SSSR count). The zero-order chi connectivity index (χ0) is 9.10. The van der Waals surface area contributed by atoms with Gasteiger partial charge in [-0.05, 0) is 25.8 Å². The minimum atomic E-state index is 0.745. The second-order valence-electron chi connectivity index (χ2n) is 4.20. The van der Waals surface area contributed by atoms with E-state index in [-0.39, 0.29) is 0 Å². The molecule has 1 N–H and O–H groups in total. The van der Waals surface area contributed by atoms with Gasteiger partial charge in [0, 0.05) is 37.2 Å². The Bertz CT molecular complexity index is 157. The van der Waals surface area contributed by atoms with Crippen molar-refractivity contribution in [3.8, 4) is 0 Å². The number of thioether (sulfide) groups is 1. The number of nitrogens with one attached hydrogen (secondary N) is 1. The summed E-state index contributed by atoms with van der Waals surface area (Å²) in [4.78, 5) is 2.64. The van der Waals surface area contributed by atoms with Gasteiger partial charge in [-0.2, -0.15) is 11.8 Å². The largest absolute Gasteiger partial charge is 0.314 e. The number of hydrogen-bond acceptors (Lipinski definition) is 3. The Morgan fingerprint density at radius 1 is 1.38 bits per heavy atom. The molecule has 0 spiro atoms. The standard InChI is InChI=1S/C10H20N2S/c1-9-10(2-3-11-9)8-12-4-6-13-7-5-12/h9-11H,2-8H2,1H3. The van der Waals surface area contributed by atoms with Gasteiger partial charge >= 0.3 is 0 Å². The summed E-state index contributed by atoms with van der Waals surface area (Å²) in [7, 11) is 0. The molecule has 2 aliphatic heterocycles. The van der Waals surface area contributed by atoms with Gasteiger partial charge in [0.1, 0.15) is 0 Å². The highest BCUT2D eigenvalue weighted by Gasteiger charge is 2.25. The van der Waals surface area contributed by atoms with Crippen molar-refractivity contribution in [1.29, 1.82) is 0 Å². The highest BCUT2D eigenvalue weighted by atomic mass is 32.2. The molecule has 2 fully saturated rings. The second-order valence-corrected chi connectivity index (χ2v) is 5.43. The predicted molar refractivity (Wildman–Crippen MR) is 59.3 cm³/mol. The molecule has 0 saturated carbocycles. The molecule has 76 valence electrons. The van der Waals surface area contributed by atoms with Gasteiger partial charge in [0.25, 0.3) is 0 Å². The Kier molecular flexibility index (Phi) is 3.52. The molecule has 2 nitrogen and oxygen atoms in total. The van der Waals surface area contributed by atoms with E-state index in [2.05, 4.69) is 28.9 Å². The van der Waals surface area contributed by atoms with Gasteiger partial charge in [-0.15, -0.1) is 0 Å². The summed E-state index contributed by atoms with van der Waals surface area (Å²) in [6.07, 6.45) is 1.38. The van der Waals surface area contributed by atoms with Crippen molar-refractivity contribution in [3.63, 3.8) is 0 Å². The van der Waals surface area contributed by atoms with Crippen molar-refractivity contribution in [2.45, 2.75) is 19.4 Å². The molecule has 0 radical (unpaired) electrons. The Morgan fingerprint density at radius 2 is 2.15 bits per heavy atom. The zero-order valence-electron chi connectivity index (χ0n) is 8.46. The number of rotatable bonds is 2. The fraction of sp³-hybridized carbons (Fsp3) is 1.00. The van der Waals surface area contributed by atoms with E-state index in [1.165, 1.54) is 44.1 Å². The van der Waals surface area contributed by atoms with Gasteiger partial charge in [0.15, 0.2) is 0 Å². The summed E-state index contributed by atoms with van der Waals surface area (Å²) in [6, 6.07) is 0.745. The van der Waals surface area contributed by atoms with Crippen molar-refractivity contribution < 1.29 is 0 Å². The lowest BCUT2D eigenvalue weighted by atomic mass is 10.0. The zero-order valence-corrected chi connectivity index (χ0v) is 9.28. The third-order valence-electron chi connectivity index (χ3n) is 3.28. The van der Waals surface area contributed by atoms with Crippen molar-refractivity contribution >= 4 is 11.8 Å². The fourth-order valence-corrected chi connectivity index (χ4v) is 3.26. The molecule has 0 aromatic rings. The van der Waals surface area contributed by atoms with Crippen LogP contribution in [-0.2, 0) is 0 Å². The average molecular weight is 200 g/mol. The molecule has 2 atom stereocenters. The maximum Gasteiger partial charge on any atom is 0.00796 e. The first-order valence-electron chi connectivity index (χ1n) is 5.40. The third kappa shape index (κ3) is 2.61. The third-order valence-corrected chi connectivity index (χ3v) is 4.23. The van der Waals surface area contributed by atoms with Crippen LogP contribution < -0.4 is 5.32 Å². The quantitative estimate of drug-likeness (QED) is 0.717. The van der Waals surface area contributed by atoms with Crippen LogP contribution in [-0.4, -0.2) is 48.6 Å². The summed E-state index contributed by atoms with van der Waals surface area (Å²) in [5.74, 6) is 3.59. The summed E-state index contributed by atoms with van der Waals surface area (Å²) < 4.78 is 0. The van der Waals surface area contributed by atoms with Gasteiger partial charge in [-0.1, -0.05) is 0 Å². The molecular weight excluding hydrogens is 180 g/mol. The number of hydrogen-bond donors (Lipinski definition) is 1. The van der Waals surface area contributed by atoms with Crippen LogP contribution in [0.25, 0.3) is 0 Å². The van der Waals surface area contributed by atoms with E-state index in [0.717, 1.165) is 12.0 Å². The van der Waals surface area contributed by atoms with E-state index < -0.39 is 0 Å². The first-order chi connectivity index (χ1) is 6.36. The monoisotopic (exact) mass is 200 g/mol. The SMILES string of the molecule is CC1NCCC1CN1CCSCC1. The van der Waals surface area contributed by atoms with Gasteiger partial charge in [0.2, 0.25) is 0 Å². The van der Waals surface area contributed by atoms with Gasteiger partial charge < -0.3 is 10.2 Å². The van der Waals surface area contributed by atoms with E-state index in [4.69, 9.17) is 0 Å². The van der Waals surface area contributed by atoms with Crippen LogP contribution in [0.5, 0.6) is 0 Å². The van der Waals surface area contributed by atoms with Crippen LogP contribution in [0.4, 0.5) is 0 Å². The Balaban J connectivity index is 1.75. The van der Waals surface area contributed by atoms with Crippen LogP contribution in [0.2, 0.25) is 0 Å². The van der Waals surface area contributed by atoms with E-state index in [1.807, 2.05) is 0 Å². The molecule has 3 heteroatoms. The van der Waals surface area contributed by atoms with E-state index >= 15 is 0 Å². The summed E-state index contributed by atoms with van der Waals surface area (Å²) in [6.45, 7) is 7.52. The molecule has 2 aliphatic rings. The first-order valence-corrected chi connectivity index (χ1v) is 6.55. The Morgan fingerprint density at radius 3 is 2.77 bits per heavy atom. The lowest BCUT2D eigenvalue weighted by Gasteiger charge is -2.29. The van der Waals surface area contributed by atoms with Crippen LogP contribution in [0.1, 0.15) is 13.3 Å². The van der Waals surface area contributed by atoms with Crippen molar-refractivity contribution in [3.05, 3.63) is 0 Å². The van der Waals surface area contributed by atoms with Gasteiger partial charge in [-0.25, -0.2) is 0 Å². The molecule has 0 aromatic heterocycles. The summed E-state index contributed by atoms with van der Waals surface area (Å²) >= 11 is 2.10. The summed E-state index contributed by atoms with van der Waals surface area (Å²) in [5, 5.41) is 3.53. The predicted octanol–water partition coefficient (Wildman–Crippen LogP) is 1.03. The van der Waals surface area contributed by atoms with Crippen molar-refractivity contribution in [1.82, 2.24) is 10.2 Å². The molecule has 2 heterocycles. The highest BCUT2D eigenvalue weighted by Crippen LogP contribution is 2.18. The molecule has 2 saturated heterocycles. The van der Waals surface area contributed by atoms with Crippen molar-refractivity contribution in [2.75, 3.05) is 37.7 Å². The van der Waals surface area contributed by atoms with E-state index in [0.29, 0.717) is 0 Å². The maximum absolute atomic E-state index is 3.53. The minimum Gasteiger partial charge on any atom is -0.314 e. The molecule has 0 aliphatic carbocycles. The lowest BCUT2D eigenvalue weighted by molar-refractivity contribution is 0.243. The van der Waals surface area contributed by atoms with E-state index in [9.17, 15) is 0 Å². The highest BCUT2D eigenvalue weighted by molar-refractivity contribution is 7.99. The lowest BCUT2D eigenvalue weighted by Crippen LogP contribution is -2.39. The smallest absolute Gasteiger partial charge is 0.00796 e. The van der Waals surface area contributed by atoms with Crippen LogP contribution in [0.3, 0.4) is 0 Å². The van der Waals surface area contributed by atoms with Crippen molar-refractivity contribution in [2.24, 2.45) is 5.92 Å². The molecule has 2 unspecified atom stereocenters. The Hall–Kier alpha value is 0.270. The summed E-state index contributed by atoms with van der Waals surface area (Å²) in [5.41, 5.74) is 0. The first kappa shape index (κ1) is 9.81. The molecule has 13 heavy (non-hydrogen) atoms. The maximum atomic E-state index is 3.53. The average Bonchev–Trinajstić information content (AvgIpc) is 2.54. The molecule has 0 amide bonds. The second kappa shape index (κ2) is 4.67. The topological polar surface area (TPSA) is 15.3 Å². The Labute approximate surface area is 85.4 Å². The van der Waals surface area contributed by atoms with Crippen LogP contribution in [0, 0.1) is 5.92 Å². The van der Waals surface area contributed by atoms with Crippen LogP contribution >= 0.6 is 11.8 Å². The molecule has 0 aromatic carbocycles. The van der Waals surface area contributed by atoms with Crippen LogP contribution in [0.15, 0.2) is 0 Å². The van der Waals surface area contributed by atoms with E-state index in [1.54, 1.807) is 0 Å².